The molecule has 0 aromatic heterocycles. The molecule has 0 atom stereocenters. The second kappa shape index (κ2) is 9.19. The van der Waals surface area contributed by atoms with Gasteiger partial charge in [0.15, 0.2) is 18.1 Å². The summed E-state index contributed by atoms with van der Waals surface area (Å²) in [4.78, 5) is 12.2. The molecule has 0 aliphatic heterocycles. The number of hydrogen-bond acceptors (Lipinski definition) is 5. The van der Waals surface area contributed by atoms with Crippen LogP contribution in [-0.2, 0) is 11.2 Å². The summed E-state index contributed by atoms with van der Waals surface area (Å²) in [6.45, 7) is -0.0615. The number of carbonyl (C=O) groups excluding carboxylic acids is 1. The molecule has 1 amide bonds. The average Bonchev–Trinajstić information content (AvgIpc) is 2.73. The largest absolute Gasteiger partial charge is 0.493 e. The van der Waals surface area contributed by atoms with Crippen molar-refractivity contribution in [3.63, 3.8) is 0 Å². The van der Waals surface area contributed by atoms with E-state index in [9.17, 15) is 4.79 Å². The first-order chi connectivity index (χ1) is 13.7. The van der Waals surface area contributed by atoms with Gasteiger partial charge in [-0.2, -0.15) is 10.4 Å². The minimum atomic E-state index is -0.200. The molecular weight excluding hydrogens is 354 g/mol. The fraction of sp³-hybridized carbons (Fsp3) is 0.136. The van der Waals surface area contributed by atoms with Crippen molar-refractivity contribution < 1.29 is 14.3 Å². The van der Waals surface area contributed by atoms with Gasteiger partial charge in [0.1, 0.15) is 6.07 Å². The predicted octanol–water partition coefficient (Wildman–Crippen LogP) is 3.44. The lowest BCUT2D eigenvalue weighted by Gasteiger charge is -2.08. The van der Waals surface area contributed by atoms with E-state index in [1.54, 1.807) is 18.2 Å². The number of nitrogens with zero attached hydrogens (tertiary/aromatic N) is 2. The predicted molar refractivity (Wildman–Crippen MR) is 107 cm³/mol. The molecular formula is C22H19N3O3. The van der Waals surface area contributed by atoms with Crippen LogP contribution in [0.3, 0.4) is 0 Å². The first-order valence-electron chi connectivity index (χ1n) is 8.67. The van der Waals surface area contributed by atoms with Gasteiger partial charge in [-0.15, -0.1) is 0 Å². The van der Waals surface area contributed by atoms with Crippen molar-refractivity contribution in [2.24, 2.45) is 5.10 Å². The van der Waals surface area contributed by atoms with E-state index in [-0.39, 0.29) is 18.9 Å². The molecule has 0 unspecified atom stereocenters. The molecule has 0 heterocycles. The summed E-state index contributed by atoms with van der Waals surface area (Å²) in [5.41, 5.74) is 4.22. The van der Waals surface area contributed by atoms with Crippen molar-refractivity contribution in [3.05, 3.63) is 71.8 Å². The average molecular weight is 373 g/mol. The summed E-state index contributed by atoms with van der Waals surface area (Å²) in [7, 11) is 1.52. The molecule has 0 bridgehead atoms. The Bertz CT molecular complexity index is 1050. The smallest absolute Gasteiger partial charge is 0.244 e. The van der Waals surface area contributed by atoms with E-state index in [4.69, 9.17) is 14.7 Å². The molecule has 3 aromatic carbocycles. The van der Waals surface area contributed by atoms with Gasteiger partial charge in [-0.3, -0.25) is 4.79 Å². The van der Waals surface area contributed by atoms with Crippen molar-refractivity contribution >= 4 is 22.9 Å². The highest BCUT2D eigenvalue weighted by molar-refractivity contribution is 5.90. The molecule has 3 rings (SSSR count). The topological polar surface area (TPSA) is 83.7 Å². The van der Waals surface area contributed by atoms with Gasteiger partial charge >= 0.3 is 0 Å². The highest BCUT2D eigenvalue weighted by Gasteiger charge is 2.07. The van der Waals surface area contributed by atoms with E-state index in [0.717, 1.165) is 21.9 Å². The van der Waals surface area contributed by atoms with Gasteiger partial charge in [0, 0.05) is 0 Å². The highest BCUT2D eigenvalue weighted by Crippen LogP contribution is 2.27. The summed E-state index contributed by atoms with van der Waals surface area (Å²) in [6, 6.07) is 20.9. The number of carbonyl (C=O) groups is 1. The van der Waals surface area contributed by atoms with Crippen LogP contribution in [0, 0.1) is 11.3 Å². The van der Waals surface area contributed by atoms with E-state index in [1.807, 2.05) is 48.5 Å². The molecule has 3 aromatic rings. The van der Waals surface area contributed by atoms with E-state index in [2.05, 4.69) is 10.5 Å². The number of ether oxygens (including phenoxy) is 2. The first kappa shape index (κ1) is 18.9. The minimum absolute atomic E-state index is 0.0615. The van der Waals surface area contributed by atoms with E-state index >= 15 is 0 Å². The molecule has 1 N–H and O–H groups in total. The zero-order valence-corrected chi connectivity index (χ0v) is 15.4. The van der Waals surface area contributed by atoms with Gasteiger partial charge in [0.05, 0.1) is 19.7 Å². The number of fused-ring (bicyclic) bond motifs is 1. The number of nitriles is 1. The molecule has 140 valence electrons. The summed E-state index contributed by atoms with van der Waals surface area (Å²) in [5.74, 6) is 0.760. The molecule has 6 nitrogen and oxygen atoms in total. The second-order valence-corrected chi connectivity index (χ2v) is 5.97. The molecule has 28 heavy (non-hydrogen) atoms. The number of benzene rings is 3. The lowest BCUT2D eigenvalue weighted by atomic mass is 10.0. The maximum atomic E-state index is 12.2. The SMILES string of the molecule is COc1cc(C=NNC(=O)Cc2cccc3ccccc23)ccc1OCC#N. The highest BCUT2D eigenvalue weighted by atomic mass is 16.5. The maximum Gasteiger partial charge on any atom is 0.244 e. The summed E-state index contributed by atoms with van der Waals surface area (Å²) in [6.07, 6.45) is 1.76. The normalized spacial score (nSPS) is 10.6. The number of hydrazone groups is 1. The Morgan fingerprint density at radius 2 is 1.96 bits per heavy atom. The van der Waals surface area contributed by atoms with E-state index in [1.165, 1.54) is 13.3 Å². The molecule has 0 aliphatic carbocycles. The Morgan fingerprint density at radius 1 is 1.14 bits per heavy atom. The van der Waals surface area contributed by atoms with Crippen LogP contribution in [0.2, 0.25) is 0 Å². The summed E-state index contributed by atoms with van der Waals surface area (Å²) >= 11 is 0. The van der Waals surface area contributed by atoms with Crippen LogP contribution in [-0.4, -0.2) is 25.8 Å². The van der Waals surface area contributed by atoms with Crippen LogP contribution in [0.4, 0.5) is 0 Å². The Morgan fingerprint density at radius 3 is 2.79 bits per heavy atom. The molecule has 0 saturated heterocycles. The monoisotopic (exact) mass is 373 g/mol. The van der Waals surface area contributed by atoms with Gasteiger partial charge < -0.3 is 9.47 Å². The fourth-order valence-corrected chi connectivity index (χ4v) is 2.83. The van der Waals surface area contributed by atoms with E-state index in [0.29, 0.717) is 11.5 Å². The van der Waals surface area contributed by atoms with E-state index < -0.39 is 0 Å². The lowest BCUT2D eigenvalue weighted by Crippen LogP contribution is -2.19. The van der Waals surface area contributed by atoms with Crippen LogP contribution in [0.1, 0.15) is 11.1 Å². The molecule has 0 fully saturated rings. The van der Waals surface area contributed by atoms with Crippen molar-refractivity contribution in [1.29, 1.82) is 5.26 Å². The number of hydrogen-bond donors (Lipinski definition) is 1. The Hall–Kier alpha value is -3.85. The number of amides is 1. The summed E-state index contributed by atoms with van der Waals surface area (Å²) < 4.78 is 10.5. The Labute approximate surface area is 163 Å². The second-order valence-electron chi connectivity index (χ2n) is 5.97. The van der Waals surface area contributed by atoms with Crippen LogP contribution in [0.15, 0.2) is 65.8 Å². The molecule has 0 aliphatic rings. The minimum Gasteiger partial charge on any atom is -0.493 e. The third-order valence-electron chi connectivity index (χ3n) is 4.11. The Kier molecular flexibility index (Phi) is 6.21. The van der Waals surface area contributed by atoms with Crippen molar-refractivity contribution in [3.8, 4) is 17.6 Å². The molecule has 0 radical (unpaired) electrons. The molecule has 0 saturated carbocycles. The number of nitrogens with one attached hydrogen (secondary N) is 1. The van der Waals surface area contributed by atoms with Gasteiger partial charge in [-0.25, -0.2) is 5.43 Å². The van der Waals surface area contributed by atoms with Gasteiger partial charge in [-0.05, 0) is 40.1 Å². The first-order valence-corrected chi connectivity index (χ1v) is 8.67. The van der Waals surface area contributed by atoms with Crippen molar-refractivity contribution in [2.75, 3.05) is 13.7 Å². The fourth-order valence-electron chi connectivity index (χ4n) is 2.83. The van der Waals surface area contributed by atoms with Crippen LogP contribution in [0.5, 0.6) is 11.5 Å². The maximum absolute atomic E-state index is 12.2. The lowest BCUT2D eigenvalue weighted by molar-refractivity contribution is -0.120. The third-order valence-corrected chi connectivity index (χ3v) is 4.11. The van der Waals surface area contributed by atoms with Crippen molar-refractivity contribution in [2.45, 2.75) is 6.42 Å². The number of methoxy groups -OCH3 is 1. The van der Waals surface area contributed by atoms with Gasteiger partial charge in [0.2, 0.25) is 5.91 Å². The third kappa shape index (κ3) is 4.65. The zero-order chi connectivity index (χ0) is 19.8. The standard InChI is InChI=1S/C22H19N3O3/c1-27-21-13-16(9-10-20(21)28-12-11-23)15-24-25-22(26)14-18-7-4-6-17-5-2-3-8-19(17)18/h2-10,13,15H,12,14H2,1H3,(H,25,26). The quantitative estimate of drug-likeness (QED) is 0.508. The van der Waals surface area contributed by atoms with Crippen LogP contribution in [0.25, 0.3) is 10.8 Å². The van der Waals surface area contributed by atoms with Gasteiger partial charge in [0.25, 0.3) is 0 Å². The van der Waals surface area contributed by atoms with Crippen LogP contribution >= 0.6 is 0 Å². The van der Waals surface area contributed by atoms with Crippen molar-refractivity contribution in [1.82, 2.24) is 5.43 Å². The Balaban J connectivity index is 1.64. The molecule has 0 spiro atoms. The molecule has 6 heteroatoms. The summed E-state index contributed by atoms with van der Waals surface area (Å²) in [5, 5.41) is 14.8. The van der Waals surface area contributed by atoms with Gasteiger partial charge in [-0.1, -0.05) is 42.5 Å². The zero-order valence-electron chi connectivity index (χ0n) is 15.4. The van der Waals surface area contributed by atoms with Crippen LogP contribution < -0.4 is 14.9 Å². The number of rotatable bonds is 7.